The quantitative estimate of drug-likeness (QED) is 0.768. The molecule has 0 aliphatic carbocycles. The SMILES string of the molecule is CCC1NC(CC)N(CCN(C(C)C)C(C)C)C1=O. The van der Waals surface area contributed by atoms with Gasteiger partial charge in [0.2, 0.25) is 5.91 Å². The van der Waals surface area contributed by atoms with Crippen LogP contribution in [0, 0.1) is 0 Å². The van der Waals surface area contributed by atoms with Crippen LogP contribution in [0.4, 0.5) is 0 Å². The van der Waals surface area contributed by atoms with Crippen molar-refractivity contribution in [3.63, 3.8) is 0 Å². The third kappa shape index (κ3) is 3.93. The first-order chi connectivity index (χ1) is 8.92. The highest BCUT2D eigenvalue weighted by Gasteiger charge is 2.36. The maximum atomic E-state index is 12.3. The van der Waals surface area contributed by atoms with E-state index in [2.05, 4.69) is 51.8 Å². The van der Waals surface area contributed by atoms with Gasteiger partial charge in [0.05, 0.1) is 12.2 Å². The summed E-state index contributed by atoms with van der Waals surface area (Å²) in [5, 5.41) is 3.43. The smallest absolute Gasteiger partial charge is 0.241 e. The molecule has 1 rings (SSSR count). The number of carbonyl (C=O) groups is 1. The molecule has 2 atom stereocenters. The summed E-state index contributed by atoms with van der Waals surface area (Å²) in [5.41, 5.74) is 0. The molecule has 19 heavy (non-hydrogen) atoms. The van der Waals surface area contributed by atoms with Gasteiger partial charge in [-0.3, -0.25) is 15.0 Å². The molecule has 0 aromatic carbocycles. The van der Waals surface area contributed by atoms with Crippen LogP contribution in [0.1, 0.15) is 54.4 Å². The summed E-state index contributed by atoms with van der Waals surface area (Å²) in [6.45, 7) is 14.9. The van der Waals surface area contributed by atoms with Gasteiger partial charge in [0.25, 0.3) is 0 Å². The minimum absolute atomic E-state index is 0.0245. The second-order valence-electron chi connectivity index (χ2n) is 6.01. The van der Waals surface area contributed by atoms with Crippen LogP contribution in [0.3, 0.4) is 0 Å². The van der Waals surface area contributed by atoms with Crippen molar-refractivity contribution in [1.82, 2.24) is 15.1 Å². The van der Waals surface area contributed by atoms with Gasteiger partial charge in [0.15, 0.2) is 0 Å². The Kier molecular flexibility index (Phi) is 6.27. The van der Waals surface area contributed by atoms with Gasteiger partial charge >= 0.3 is 0 Å². The standard InChI is InChI=1S/C15H31N3O/c1-7-13-15(19)18(14(8-2)16-13)10-9-17(11(3)4)12(5)6/h11-14,16H,7-10H2,1-6H3. The number of nitrogens with one attached hydrogen (secondary N) is 1. The Balaban J connectivity index is 2.61. The lowest BCUT2D eigenvalue weighted by Gasteiger charge is -2.33. The molecule has 1 fully saturated rings. The molecule has 0 bridgehead atoms. The highest BCUT2D eigenvalue weighted by atomic mass is 16.2. The predicted molar refractivity (Wildman–Crippen MR) is 80.0 cm³/mol. The number of hydrogen-bond acceptors (Lipinski definition) is 3. The summed E-state index contributed by atoms with van der Waals surface area (Å²) in [6, 6.07) is 1.07. The van der Waals surface area contributed by atoms with Gasteiger partial charge in [0, 0.05) is 25.2 Å². The molecule has 0 radical (unpaired) electrons. The van der Waals surface area contributed by atoms with E-state index in [1.165, 1.54) is 0 Å². The normalized spacial score (nSPS) is 24.3. The van der Waals surface area contributed by atoms with Crippen LogP contribution in [0.15, 0.2) is 0 Å². The van der Waals surface area contributed by atoms with Crippen molar-refractivity contribution in [2.45, 2.75) is 78.7 Å². The molecule has 1 N–H and O–H groups in total. The number of carbonyl (C=O) groups excluding carboxylic acids is 1. The van der Waals surface area contributed by atoms with Gasteiger partial charge < -0.3 is 4.90 Å². The molecular weight excluding hydrogens is 238 g/mol. The van der Waals surface area contributed by atoms with E-state index >= 15 is 0 Å². The molecule has 1 saturated heterocycles. The summed E-state index contributed by atoms with van der Waals surface area (Å²) in [6.07, 6.45) is 2.08. The molecule has 0 aromatic heterocycles. The lowest BCUT2D eigenvalue weighted by atomic mass is 10.2. The molecule has 0 aromatic rings. The van der Waals surface area contributed by atoms with Crippen molar-refractivity contribution in [2.75, 3.05) is 13.1 Å². The average Bonchev–Trinajstić information content (AvgIpc) is 2.65. The highest BCUT2D eigenvalue weighted by molar-refractivity contribution is 5.84. The van der Waals surface area contributed by atoms with Crippen LogP contribution in [0.5, 0.6) is 0 Å². The zero-order chi connectivity index (χ0) is 14.6. The molecule has 2 unspecified atom stereocenters. The van der Waals surface area contributed by atoms with Crippen molar-refractivity contribution in [3.8, 4) is 0 Å². The topological polar surface area (TPSA) is 35.6 Å². The van der Waals surface area contributed by atoms with Crippen LogP contribution in [-0.2, 0) is 4.79 Å². The van der Waals surface area contributed by atoms with Crippen molar-refractivity contribution < 1.29 is 4.79 Å². The zero-order valence-electron chi connectivity index (χ0n) is 13.4. The third-order valence-electron chi connectivity index (χ3n) is 4.07. The van der Waals surface area contributed by atoms with E-state index in [4.69, 9.17) is 0 Å². The van der Waals surface area contributed by atoms with Crippen LogP contribution in [-0.4, -0.2) is 53.1 Å². The first-order valence-corrected chi connectivity index (χ1v) is 7.74. The molecule has 0 saturated carbocycles. The van der Waals surface area contributed by atoms with Crippen molar-refractivity contribution >= 4 is 5.91 Å². The number of nitrogens with zero attached hydrogens (tertiary/aromatic N) is 2. The van der Waals surface area contributed by atoms with Crippen molar-refractivity contribution in [2.24, 2.45) is 0 Å². The summed E-state index contributed by atoms with van der Waals surface area (Å²) in [4.78, 5) is 16.8. The second-order valence-corrected chi connectivity index (χ2v) is 6.01. The maximum Gasteiger partial charge on any atom is 0.241 e. The van der Waals surface area contributed by atoms with Gasteiger partial charge in [-0.25, -0.2) is 0 Å². The Bertz CT molecular complexity index is 283. The van der Waals surface area contributed by atoms with E-state index in [1.54, 1.807) is 0 Å². The zero-order valence-corrected chi connectivity index (χ0v) is 13.4. The first-order valence-electron chi connectivity index (χ1n) is 7.74. The molecule has 4 heteroatoms. The van der Waals surface area contributed by atoms with Crippen LogP contribution in [0.25, 0.3) is 0 Å². The minimum Gasteiger partial charge on any atom is -0.325 e. The number of rotatable bonds is 7. The Morgan fingerprint density at radius 3 is 2.16 bits per heavy atom. The van der Waals surface area contributed by atoms with E-state index in [9.17, 15) is 4.79 Å². The third-order valence-corrected chi connectivity index (χ3v) is 4.07. The van der Waals surface area contributed by atoms with E-state index in [0.717, 1.165) is 25.9 Å². The molecule has 0 spiro atoms. The van der Waals surface area contributed by atoms with Crippen LogP contribution in [0.2, 0.25) is 0 Å². The molecule has 1 heterocycles. The summed E-state index contributed by atoms with van der Waals surface area (Å²) in [7, 11) is 0. The van der Waals surface area contributed by atoms with E-state index in [1.807, 2.05) is 4.90 Å². The fourth-order valence-electron chi connectivity index (χ4n) is 2.98. The molecule has 1 aliphatic heterocycles. The predicted octanol–water partition coefficient (Wildman–Crippen LogP) is 2.05. The lowest BCUT2D eigenvalue weighted by molar-refractivity contribution is -0.130. The van der Waals surface area contributed by atoms with Gasteiger partial charge in [-0.2, -0.15) is 0 Å². The molecule has 4 nitrogen and oxygen atoms in total. The molecule has 1 aliphatic rings. The Hall–Kier alpha value is -0.610. The van der Waals surface area contributed by atoms with Crippen molar-refractivity contribution in [1.29, 1.82) is 0 Å². The fraction of sp³-hybridized carbons (Fsp3) is 0.933. The van der Waals surface area contributed by atoms with Gasteiger partial charge in [0.1, 0.15) is 0 Å². The lowest BCUT2D eigenvalue weighted by Crippen LogP contribution is -2.46. The average molecular weight is 269 g/mol. The number of hydrogen-bond donors (Lipinski definition) is 1. The van der Waals surface area contributed by atoms with E-state index in [-0.39, 0.29) is 18.1 Å². The van der Waals surface area contributed by atoms with Gasteiger partial charge in [-0.05, 0) is 40.5 Å². The highest BCUT2D eigenvalue weighted by Crippen LogP contribution is 2.16. The largest absolute Gasteiger partial charge is 0.325 e. The molecular formula is C15H31N3O. The Morgan fingerprint density at radius 2 is 1.74 bits per heavy atom. The summed E-state index contributed by atoms with van der Waals surface area (Å²) < 4.78 is 0. The molecule has 112 valence electrons. The fourth-order valence-corrected chi connectivity index (χ4v) is 2.98. The summed E-state index contributed by atoms with van der Waals surface area (Å²) >= 11 is 0. The van der Waals surface area contributed by atoms with Crippen LogP contribution >= 0.6 is 0 Å². The van der Waals surface area contributed by atoms with Gasteiger partial charge in [-0.1, -0.05) is 13.8 Å². The van der Waals surface area contributed by atoms with Crippen LogP contribution < -0.4 is 5.32 Å². The minimum atomic E-state index is 0.0245. The van der Waals surface area contributed by atoms with E-state index in [0.29, 0.717) is 12.1 Å². The summed E-state index contributed by atoms with van der Waals surface area (Å²) in [5.74, 6) is 0.279. The van der Waals surface area contributed by atoms with Gasteiger partial charge in [-0.15, -0.1) is 0 Å². The second kappa shape index (κ2) is 7.25. The van der Waals surface area contributed by atoms with E-state index < -0.39 is 0 Å². The number of amides is 1. The Morgan fingerprint density at radius 1 is 1.16 bits per heavy atom. The Labute approximate surface area is 118 Å². The maximum absolute atomic E-state index is 12.3. The van der Waals surface area contributed by atoms with Crippen molar-refractivity contribution in [3.05, 3.63) is 0 Å². The molecule has 1 amide bonds. The monoisotopic (exact) mass is 269 g/mol. The first kappa shape index (κ1) is 16.4.